The van der Waals surface area contributed by atoms with Gasteiger partial charge in [-0.1, -0.05) is 49.4 Å². The maximum Gasteiger partial charge on any atom is 0.293 e. The van der Waals surface area contributed by atoms with Crippen LogP contribution >= 0.6 is 0 Å². The lowest BCUT2D eigenvalue weighted by Gasteiger charge is -2.08. The Hall–Kier alpha value is -3.56. The second kappa shape index (κ2) is 6.91. The van der Waals surface area contributed by atoms with E-state index in [0.717, 1.165) is 5.56 Å². The van der Waals surface area contributed by atoms with E-state index in [-0.39, 0.29) is 23.2 Å². The summed E-state index contributed by atoms with van der Waals surface area (Å²) in [5, 5.41) is 19.0. The van der Waals surface area contributed by atoms with E-state index >= 15 is 0 Å². The first-order chi connectivity index (χ1) is 12.1. The van der Waals surface area contributed by atoms with Crippen molar-refractivity contribution in [2.24, 2.45) is 5.10 Å². The molecule has 0 radical (unpaired) electrons. The molecule has 3 aromatic rings. The molecular weight excluding hydrogens is 324 g/mol. The molecule has 3 rings (SSSR count). The van der Waals surface area contributed by atoms with E-state index in [4.69, 9.17) is 5.73 Å². The second-order valence-electron chi connectivity index (χ2n) is 5.47. The summed E-state index contributed by atoms with van der Waals surface area (Å²) in [6.07, 6.45) is 1.54. The summed E-state index contributed by atoms with van der Waals surface area (Å²) < 4.78 is 5.92. The quantitative estimate of drug-likeness (QED) is 0.524. The Kier molecular flexibility index (Phi) is 4.50. The van der Waals surface area contributed by atoms with Crippen molar-refractivity contribution in [2.75, 3.05) is 5.73 Å². The zero-order chi connectivity index (χ0) is 17.8. The topological polar surface area (TPSA) is 137 Å². The number of aromatic nitrogens is 5. The van der Waals surface area contributed by atoms with E-state index in [1.807, 2.05) is 44.2 Å². The first-order valence-electron chi connectivity index (χ1n) is 7.50. The van der Waals surface area contributed by atoms with Gasteiger partial charge in [0.15, 0.2) is 5.69 Å². The predicted octanol–water partition coefficient (Wildman–Crippen LogP) is 1.12. The van der Waals surface area contributed by atoms with Crippen LogP contribution in [0.4, 0.5) is 5.82 Å². The van der Waals surface area contributed by atoms with Crippen LogP contribution in [0.2, 0.25) is 0 Å². The molecule has 0 aliphatic rings. The average molecular weight is 340 g/mol. The van der Waals surface area contributed by atoms with E-state index in [2.05, 4.69) is 35.8 Å². The van der Waals surface area contributed by atoms with Crippen molar-refractivity contribution in [3.05, 3.63) is 47.3 Å². The molecule has 25 heavy (non-hydrogen) atoms. The van der Waals surface area contributed by atoms with Crippen molar-refractivity contribution >= 4 is 17.9 Å². The lowest BCUT2D eigenvalue weighted by molar-refractivity contribution is 0.0948. The predicted molar refractivity (Wildman–Crippen MR) is 89.2 cm³/mol. The Labute approximate surface area is 142 Å². The average Bonchev–Trinajstić information content (AvgIpc) is 3.21. The van der Waals surface area contributed by atoms with Gasteiger partial charge in [0.25, 0.3) is 5.91 Å². The molecule has 0 saturated heterocycles. The summed E-state index contributed by atoms with van der Waals surface area (Å²) in [6.45, 7) is 3.78. The zero-order valence-corrected chi connectivity index (χ0v) is 13.6. The SMILES string of the molecule is CC(C)c1c(C(=O)N/N=C\c2ccccc2)nnn1-c1nonc1N. The van der Waals surface area contributed by atoms with Gasteiger partial charge in [0, 0.05) is 0 Å². The lowest BCUT2D eigenvalue weighted by atomic mass is 10.1. The number of nitrogens with zero attached hydrogens (tertiary/aromatic N) is 6. The number of carbonyl (C=O) groups is 1. The molecule has 3 N–H and O–H groups in total. The highest BCUT2D eigenvalue weighted by Gasteiger charge is 2.25. The van der Waals surface area contributed by atoms with Gasteiger partial charge in [-0.05, 0) is 21.8 Å². The number of amides is 1. The van der Waals surface area contributed by atoms with E-state index in [9.17, 15) is 4.79 Å². The minimum Gasteiger partial charge on any atom is -0.378 e. The summed E-state index contributed by atoms with van der Waals surface area (Å²) in [6, 6.07) is 9.38. The molecule has 0 aliphatic heterocycles. The van der Waals surface area contributed by atoms with Crippen LogP contribution in [0, 0.1) is 0 Å². The normalized spacial score (nSPS) is 11.3. The van der Waals surface area contributed by atoms with Gasteiger partial charge in [-0.15, -0.1) is 5.10 Å². The summed E-state index contributed by atoms with van der Waals surface area (Å²) in [4.78, 5) is 12.4. The summed E-state index contributed by atoms with van der Waals surface area (Å²) >= 11 is 0. The van der Waals surface area contributed by atoms with Crippen molar-refractivity contribution in [3.63, 3.8) is 0 Å². The Morgan fingerprint density at radius 3 is 2.72 bits per heavy atom. The summed E-state index contributed by atoms with van der Waals surface area (Å²) in [5.74, 6) is -0.328. The molecule has 0 unspecified atom stereocenters. The van der Waals surface area contributed by atoms with E-state index in [1.165, 1.54) is 10.9 Å². The van der Waals surface area contributed by atoms with Crippen LogP contribution < -0.4 is 11.2 Å². The van der Waals surface area contributed by atoms with E-state index < -0.39 is 5.91 Å². The second-order valence-corrected chi connectivity index (χ2v) is 5.47. The van der Waals surface area contributed by atoms with Gasteiger partial charge in [0.1, 0.15) is 0 Å². The molecule has 10 nitrogen and oxygen atoms in total. The van der Waals surface area contributed by atoms with E-state index in [1.54, 1.807) is 0 Å². The summed E-state index contributed by atoms with van der Waals surface area (Å²) in [5.41, 5.74) is 9.64. The van der Waals surface area contributed by atoms with Crippen LogP contribution in [0.3, 0.4) is 0 Å². The highest BCUT2D eigenvalue weighted by Crippen LogP contribution is 2.22. The molecule has 2 heterocycles. The number of nitrogen functional groups attached to an aromatic ring is 1. The number of carbonyl (C=O) groups excluding carboxylic acids is 1. The Bertz CT molecular complexity index is 897. The van der Waals surface area contributed by atoms with Crippen LogP contribution in [-0.4, -0.2) is 37.4 Å². The molecule has 1 aromatic carbocycles. The molecule has 0 atom stereocenters. The van der Waals surface area contributed by atoms with Crippen LogP contribution in [-0.2, 0) is 0 Å². The Morgan fingerprint density at radius 1 is 1.32 bits per heavy atom. The van der Waals surface area contributed by atoms with Crippen molar-refractivity contribution in [1.29, 1.82) is 0 Å². The number of nitrogens with two attached hydrogens (primary N) is 1. The summed E-state index contributed by atoms with van der Waals surface area (Å²) in [7, 11) is 0. The van der Waals surface area contributed by atoms with Crippen LogP contribution in [0.5, 0.6) is 0 Å². The fourth-order valence-corrected chi connectivity index (χ4v) is 2.22. The monoisotopic (exact) mass is 340 g/mol. The van der Waals surface area contributed by atoms with Gasteiger partial charge in [-0.25, -0.2) is 10.1 Å². The smallest absolute Gasteiger partial charge is 0.293 e. The van der Waals surface area contributed by atoms with Gasteiger partial charge in [0.2, 0.25) is 11.6 Å². The van der Waals surface area contributed by atoms with Crippen LogP contribution in [0.1, 0.15) is 41.5 Å². The largest absolute Gasteiger partial charge is 0.378 e. The number of benzene rings is 1. The number of rotatable bonds is 5. The third-order valence-electron chi connectivity index (χ3n) is 3.34. The van der Waals surface area contributed by atoms with Gasteiger partial charge in [-0.3, -0.25) is 4.79 Å². The van der Waals surface area contributed by atoms with Crippen molar-refractivity contribution in [1.82, 2.24) is 30.7 Å². The molecule has 10 heteroatoms. The van der Waals surface area contributed by atoms with Crippen molar-refractivity contribution < 1.29 is 9.42 Å². The molecular formula is C15H16N8O2. The third kappa shape index (κ3) is 3.37. The fourth-order valence-electron chi connectivity index (χ4n) is 2.22. The number of hydrazone groups is 1. The highest BCUT2D eigenvalue weighted by molar-refractivity contribution is 5.94. The van der Waals surface area contributed by atoms with Gasteiger partial charge >= 0.3 is 0 Å². The molecule has 128 valence electrons. The first kappa shape index (κ1) is 16.3. The fraction of sp³-hybridized carbons (Fsp3) is 0.200. The van der Waals surface area contributed by atoms with Gasteiger partial charge in [-0.2, -0.15) is 9.78 Å². The zero-order valence-electron chi connectivity index (χ0n) is 13.6. The lowest BCUT2D eigenvalue weighted by Crippen LogP contribution is -2.21. The number of hydrogen-bond acceptors (Lipinski definition) is 8. The Balaban J connectivity index is 1.84. The molecule has 2 aromatic heterocycles. The van der Waals surface area contributed by atoms with E-state index in [0.29, 0.717) is 5.69 Å². The molecule has 0 saturated carbocycles. The highest BCUT2D eigenvalue weighted by atomic mass is 16.6. The number of nitrogens with one attached hydrogen (secondary N) is 1. The molecule has 0 bridgehead atoms. The van der Waals surface area contributed by atoms with Gasteiger partial charge < -0.3 is 5.73 Å². The third-order valence-corrected chi connectivity index (χ3v) is 3.34. The molecule has 0 fully saturated rings. The minimum absolute atomic E-state index is 0.0563. The Morgan fingerprint density at radius 2 is 2.08 bits per heavy atom. The first-order valence-corrected chi connectivity index (χ1v) is 7.50. The molecule has 0 aliphatic carbocycles. The van der Waals surface area contributed by atoms with Crippen LogP contribution in [0.15, 0.2) is 40.1 Å². The maximum absolute atomic E-state index is 12.4. The molecule has 0 spiro atoms. The minimum atomic E-state index is -0.489. The maximum atomic E-state index is 12.4. The number of hydrogen-bond donors (Lipinski definition) is 2. The van der Waals surface area contributed by atoms with Crippen molar-refractivity contribution in [2.45, 2.75) is 19.8 Å². The van der Waals surface area contributed by atoms with Gasteiger partial charge in [0.05, 0.1) is 11.9 Å². The van der Waals surface area contributed by atoms with Crippen LogP contribution in [0.25, 0.3) is 5.82 Å². The van der Waals surface area contributed by atoms with Crippen molar-refractivity contribution in [3.8, 4) is 5.82 Å². The number of anilines is 1. The standard InChI is InChI=1S/C15H16N8O2/c1-9(2)12-11(18-22-23(12)14-13(16)20-25-21-14)15(24)19-17-8-10-6-4-3-5-7-10/h3-9H,1-2H3,(H2,16,20)(H,19,24)/b17-8-. The molecule has 1 amide bonds.